The summed E-state index contributed by atoms with van der Waals surface area (Å²) in [4.78, 5) is 27.0. The van der Waals surface area contributed by atoms with Crippen LogP contribution < -0.4 is 5.32 Å². The number of rotatable bonds is 6. The van der Waals surface area contributed by atoms with Crippen molar-refractivity contribution in [2.45, 2.75) is 33.2 Å². The largest absolute Gasteiger partial charge is 0.345 e. The van der Waals surface area contributed by atoms with Gasteiger partial charge in [0.25, 0.3) is 0 Å². The number of aromatic nitrogens is 3. The summed E-state index contributed by atoms with van der Waals surface area (Å²) >= 11 is 0. The predicted octanol–water partition coefficient (Wildman–Crippen LogP) is 6.07. The van der Waals surface area contributed by atoms with Gasteiger partial charge in [-0.25, -0.2) is 4.98 Å². The van der Waals surface area contributed by atoms with E-state index >= 15 is 0 Å². The predicted molar refractivity (Wildman–Crippen MR) is 144 cm³/mol. The minimum Gasteiger partial charge on any atom is -0.345 e. The third-order valence-corrected chi connectivity index (χ3v) is 6.43. The summed E-state index contributed by atoms with van der Waals surface area (Å²) < 4.78 is 0. The molecule has 5 heteroatoms. The fourth-order valence-corrected chi connectivity index (χ4v) is 4.58. The standard InChI is InChI=1S/C31H28N4O/c1-20-11-13-25(21(2)16-20)31(24-8-5-4-6-9-24)35-30(36)18-23-12-14-27-28(17-23)34-29(19-33-27)26-10-7-15-32-22(26)3/h4-17,19,31H,18H2,1-3H3,(H,35,36). The van der Waals surface area contributed by atoms with Gasteiger partial charge in [0.15, 0.2) is 0 Å². The second kappa shape index (κ2) is 10.1. The number of pyridine rings is 1. The zero-order valence-electron chi connectivity index (χ0n) is 20.7. The minimum atomic E-state index is -0.222. The Balaban J connectivity index is 1.41. The lowest BCUT2D eigenvalue weighted by atomic mass is 9.93. The Morgan fingerprint density at radius 1 is 0.861 bits per heavy atom. The van der Waals surface area contributed by atoms with Crippen molar-refractivity contribution >= 4 is 16.9 Å². The van der Waals surface area contributed by atoms with Gasteiger partial charge in [0.2, 0.25) is 5.91 Å². The van der Waals surface area contributed by atoms with Gasteiger partial charge >= 0.3 is 0 Å². The van der Waals surface area contributed by atoms with E-state index in [0.29, 0.717) is 0 Å². The van der Waals surface area contributed by atoms with Gasteiger partial charge in [0.05, 0.1) is 35.4 Å². The molecular weight excluding hydrogens is 444 g/mol. The van der Waals surface area contributed by atoms with Gasteiger partial charge in [-0.3, -0.25) is 14.8 Å². The molecule has 36 heavy (non-hydrogen) atoms. The van der Waals surface area contributed by atoms with E-state index in [4.69, 9.17) is 4.98 Å². The zero-order chi connectivity index (χ0) is 25.1. The fourth-order valence-electron chi connectivity index (χ4n) is 4.58. The van der Waals surface area contributed by atoms with Gasteiger partial charge in [-0.05, 0) is 67.3 Å². The zero-order valence-corrected chi connectivity index (χ0v) is 20.7. The van der Waals surface area contributed by atoms with Crippen molar-refractivity contribution in [2.75, 3.05) is 0 Å². The van der Waals surface area contributed by atoms with Crippen LogP contribution in [-0.2, 0) is 11.2 Å². The Kier molecular flexibility index (Phi) is 6.54. The summed E-state index contributed by atoms with van der Waals surface area (Å²) in [5.41, 5.74) is 9.58. The van der Waals surface area contributed by atoms with Crippen LogP contribution in [0.5, 0.6) is 0 Å². The average molecular weight is 473 g/mol. The van der Waals surface area contributed by atoms with E-state index in [1.54, 1.807) is 12.4 Å². The van der Waals surface area contributed by atoms with Crippen LogP contribution in [0.25, 0.3) is 22.3 Å². The molecule has 2 heterocycles. The SMILES string of the molecule is Cc1ccc(C(NC(=O)Cc2ccc3ncc(-c4cccnc4C)nc3c2)c2ccccc2)c(C)c1. The lowest BCUT2D eigenvalue weighted by Crippen LogP contribution is -2.31. The van der Waals surface area contributed by atoms with Crippen LogP contribution in [-0.4, -0.2) is 20.9 Å². The molecule has 5 nitrogen and oxygen atoms in total. The molecule has 178 valence electrons. The Morgan fingerprint density at radius 3 is 2.47 bits per heavy atom. The van der Waals surface area contributed by atoms with Crippen LogP contribution in [0.4, 0.5) is 0 Å². The summed E-state index contributed by atoms with van der Waals surface area (Å²) in [7, 11) is 0. The van der Waals surface area contributed by atoms with Crippen LogP contribution in [0.3, 0.4) is 0 Å². The minimum absolute atomic E-state index is 0.0459. The molecule has 1 atom stereocenters. The molecule has 0 fully saturated rings. The molecule has 2 aromatic heterocycles. The molecule has 0 saturated heterocycles. The number of nitrogens with zero attached hydrogens (tertiary/aromatic N) is 3. The van der Waals surface area contributed by atoms with Gasteiger partial charge in [-0.2, -0.15) is 0 Å². The molecule has 1 N–H and O–H groups in total. The fraction of sp³-hybridized carbons (Fsp3) is 0.161. The van der Waals surface area contributed by atoms with Crippen LogP contribution in [0.15, 0.2) is 91.3 Å². The van der Waals surface area contributed by atoms with Crippen molar-refractivity contribution in [3.05, 3.63) is 125 Å². The van der Waals surface area contributed by atoms with Crippen LogP contribution in [0.2, 0.25) is 0 Å². The number of nitrogens with one attached hydrogen (secondary N) is 1. The number of amides is 1. The van der Waals surface area contributed by atoms with E-state index in [1.165, 1.54) is 5.56 Å². The summed E-state index contributed by atoms with van der Waals surface area (Å²) in [6.45, 7) is 6.13. The summed E-state index contributed by atoms with van der Waals surface area (Å²) in [6, 6.07) is 25.9. The third-order valence-electron chi connectivity index (χ3n) is 6.43. The lowest BCUT2D eigenvalue weighted by molar-refractivity contribution is -0.120. The van der Waals surface area contributed by atoms with Crippen molar-refractivity contribution in [1.29, 1.82) is 0 Å². The molecule has 1 unspecified atom stereocenters. The van der Waals surface area contributed by atoms with Crippen molar-refractivity contribution in [3.8, 4) is 11.3 Å². The van der Waals surface area contributed by atoms with Gasteiger partial charge in [0, 0.05) is 17.5 Å². The Labute approximate surface area is 211 Å². The van der Waals surface area contributed by atoms with Crippen molar-refractivity contribution < 1.29 is 4.79 Å². The quantitative estimate of drug-likeness (QED) is 0.326. The van der Waals surface area contributed by atoms with Gasteiger partial charge < -0.3 is 5.32 Å². The second-order valence-corrected chi connectivity index (χ2v) is 9.16. The van der Waals surface area contributed by atoms with Gasteiger partial charge in [0.1, 0.15) is 0 Å². The number of hydrogen-bond donors (Lipinski definition) is 1. The maximum atomic E-state index is 13.3. The smallest absolute Gasteiger partial charge is 0.225 e. The van der Waals surface area contributed by atoms with Crippen molar-refractivity contribution in [3.63, 3.8) is 0 Å². The normalized spacial score (nSPS) is 11.9. The highest BCUT2D eigenvalue weighted by Gasteiger charge is 2.19. The van der Waals surface area contributed by atoms with E-state index in [1.807, 2.05) is 55.5 Å². The molecule has 5 aromatic rings. The molecule has 5 rings (SSSR count). The van der Waals surface area contributed by atoms with Crippen LogP contribution >= 0.6 is 0 Å². The van der Waals surface area contributed by atoms with E-state index in [-0.39, 0.29) is 18.4 Å². The van der Waals surface area contributed by atoms with E-state index in [2.05, 4.69) is 59.5 Å². The number of carbonyl (C=O) groups is 1. The number of aryl methyl sites for hydroxylation is 3. The molecule has 0 saturated carbocycles. The second-order valence-electron chi connectivity index (χ2n) is 9.16. The first-order valence-corrected chi connectivity index (χ1v) is 12.1. The van der Waals surface area contributed by atoms with E-state index in [9.17, 15) is 4.79 Å². The molecule has 0 aliphatic carbocycles. The number of benzene rings is 3. The number of carbonyl (C=O) groups excluding carboxylic acids is 1. The van der Waals surface area contributed by atoms with Crippen molar-refractivity contribution in [2.24, 2.45) is 0 Å². The Morgan fingerprint density at radius 2 is 1.69 bits per heavy atom. The van der Waals surface area contributed by atoms with Gasteiger partial charge in [-0.1, -0.05) is 60.2 Å². The highest BCUT2D eigenvalue weighted by atomic mass is 16.1. The van der Waals surface area contributed by atoms with Crippen LogP contribution in [0, 0.1) is 20.8 Å². The highest BCUT2D eigenvalue weighted by molar-refractivity contribution is 5.83. The first-order valence-electron chi connectivity index (χ1n) is 12.1. The molecule has 0 aliphatic rings. The molecule has 0 spiro atoms. The maximum Gasteiger partial charge on any atom is 0.225 e. The van der Waals surface area contributed by atoms with Gasteiger partial charge in [-0.15, -0.1) is 0 Å². The summed E-state index contributed by atoms with van der Waals surface area (Å²) in [5.74, 6) is -0.0459. The third kappa shape index (κ3) is 5.01. The topological polar surface area (TPSA) is 67.8 Å². The Hall–Kier alpha value is -4.38. The first kappa shape index (κ1) is 23.4. The molecule has 1 amide bonds. The lowest BCUT2D eigenvalue weighted by Gasteiger charge is -2.22. The van der Waals surface area contributed by atoms with Crippen LogP contribution in [0.1, 0.15) is 39.6 Å². The average Bonchev–Trinajstić information content (AvgIpc) is 2.88. The molecular formula is C31H28N4O. The number of hydrogen-bond acceptors (Lipinski definition) is 4. The van der Waals surface area contributed by atoms with E-state index < -0.39 is 0 Å². The maximum absolute atomic E-state index is 13.3. The molecule has 0 radical (unpaired) electrons. The molecule has 0 bridgehead atoms. The van der Waals surface area contributed by atoms with Crippen molar-refractivity contribution in [1.82, 2.24) is 20.3 Å². The molecule has 3 aromatic carbocycles. The summed E-state index contributed by atoms with van der Waals surface area (Å²) in [6.07, 6.45) is 3.79. The monoisotopic (exact) mass is 472 g/mol. The number of fused-ring (bicyclic) bond motifs is 1. The summed E-state index contributed by atoms with van der Waals surface area (Å²) in [5, 5.41) is 3.27. The first-order chi connectivity index (χ1) is 17.5. The van der Waals surface area contributed by atoms with E-state index in [0.717, 1.165) is 50.2 Å². The highest BCUT2D eigenvalue weighted by Crippen LogP contribution is 2.26. The Bertz CT molecular complexity index is 1550. The molecule has 0 aliphatic heterocycles.